The van der Waals surface area contributed by atoms with Crippen LogP contribution >= 0.6 is 0 Å². The first-order valence-electron chi connectivity index (χ1n) is 11.8. The molecule has 0 bridgehead atoms. The van der Waals surface area contributed by atoms with Crippen molar-refractivity contribution < 1.29 is 23.5 Å². The van der Waals surface area contributed by atoms with E-state index >= 15 is 0 Å². The van der Waals surface area contributed by atoms with Crippen LogP contribution < -0.4 is 20.3 Å². The minimum Gasteiger partial charge on any atom is -0.487 e. The number of fused-ring (bicyclic) bond motifs is 1. The predicted molar refractivity (Wildman–Crippen MR) is 134 cm³/mol. The van der Waals surface area contributed by atoms with Crippen molar-refractivity contribution in [3.63, 3.8) is 0 Å². The molecule has 36 heavy (non-hydrogen) atoms. The van der Waals surface area contributed by atoms with Crippen LogP contribution in [0.2, 0.25) is 0 Å². The Bertz CT molecular complexity index is 1390. The number of nitrogens with zero attached hydrogens (tertiary/aromatic N) is 1. The largest absolute Gasteiger partial charge is 0.487 e. The third-order valence-electron chi connectivity index (χ3n) is 6.47. The third-order valence-corrected chi connectivity index (χ3v) is 6.47. The fourth-order valence-corrected chi connectivity index (χ4v) is 4.70. The molecule has 0 radical (unpaired) electrons. The molecule has 2 aliphatic rings. The van der Waals surface area contributed by atoms with E-state index in [1.54, 1.807) is 35.2 Å². The molecular formula is C28H26FN3O4. The second-order valence-corrected chi connectivity index (χ2v) is 9.14. The maximum Gasteiger partial charge on any atom is 0.321 e. The van der Waals surface area contributed by atoms with E-state index in [0.29, 0.717) is 53.2 Å². The summed E-state index contributed by atoms with van der Waals surface area (Å²) in [6.45, 7) is 4.76. The van der Waals surface area contributed by atoms with Crippen molar-refractivity contribution in [3.8, 4) is 16.9 Å². The molecule has 0 unspecified atom stereocenters. The molecule has 1 saturated heterocycles. The van der Waals surface area contributed by atoms with Crippen molar-refractivity contribution in [1.82, 2.24) is 10.6 Å². The molecule has 3 aromatic rings. The van der Waals surface area contributed by atoms with Gasteiger partial charge in [-0.2, -0.15) is 0 Å². The first-order chi connectivity index (χ1) is 17.3. The lowest BCUT2D eigenvalue weighted by molar-refractivity contribution is 0.0933. The average Bonchev–Trinajstić information content (AvgIpc) is 3.48. The second kappa shape index (κ2) is 9.45. The number of halogens is 1. The highest BCUT2D eigenvalue weighted by Crippen LogP contribution is 2.41. The van der Waals surface area contributed by atoms with Crippen LogP contribution in [0.1, 0.15) is 38.8 Å². The van der Waals surface area contributed by atoms with Gasteiger partial charge in [0.25, 0.3) is 5.91 Å². The van der Waals surface area contributed by atoms with Gasteiger partial charge in [0.2, 0.25) is 0 Å². The van der Waals surface area contributed by atoms with Crippen molar-refractivity contribution in [1.29, 1.82) is 0 Å². The van der Waals surface area contributed by atoms with Crippen molar-refractivity contribution in [2.24, 2.45) is 0 Å². The van der Waals surface area contributed by atoms with Gasteiger partial charge in [-0.1, -0.05) is 12.1 Å². The van der Waals surface area contributed by atoms with E-state index in [4.69, 9.17) is 4.74 Å². The number of Topliss-reactive ketones (excluding diaryl/α,β-unsaturated/α-hetero) is 1. The quantitative estimate of drug-likeness (QED) is 0.509. The molecule has 2 N–H and O–H groups in total. The maximum atomic E-state index is 14.8. The Labute approximate surface area is 208 Å². The Kier molecular flexibility index (Phi) is 6.18. The summed E-state index contributed by atoms with van der Waals surface area (Å²) in [7, 11) is 0. The van der Waals surface area contributed by atoms with Crippen LogP contribution in [0.15, 0.2) is 54.6 Å². The number of ether oxygens (including phenoxy) is 1. The highest BCUT2D eigenvalue weighted by atomic mass is 19.1. The summed E-state index contributed by atoms with van der Waals surface area (Å²) in [5.74, 6) is -0.273. The number of aryl methyl sites for hydroxylation is 1. The van der Waals surface area contributed by atoms with Crippen LogP contribution in [-0.2, 0) is 6.42 Å². The summed E-state index contributed by atoms with van der Waals surface area (Å²) in [6.07, 6.45) is 0.239. The van der Waals surface area contributed by atoms with Crippen LogP contribution in [-0.4, -0.2) is 43.5 Å². The zero-order chi connectivity index (χ0) is 25.4. The fraction of sp³-hybridized carbons (Fsp3) is 0.250. The van der Waals surface area contributed by atoms with Crippen LogP contribution in [0, 0.1) is 12.7 Å². The molecule has 0 aliphatic carbocycles. The Balaban J connectivity index is 1.31. The maximum absolute atomic E-state index is 14.8. The van der Waals surface area contributed by atoms with E-state index in [1.807, 2.05) is 19.1 Å². The fourth-order valence-electron chi connectivity index (χ4n) is 4.70. The molecule has 1 atom stereocenters. The lowest BCUT2D eigenvalue weighted by Crippen LogP contribution is -2.34. The lowest BCUT2D eigenvalue weighted by atomic mass is 9.95. The van der Waals surface area contributed by atoms with E-state index in [9.17, 15) is 18.8 Å². The Hall–Kier alpha value is -4.20. The summed E-state index contributed by atoms with van der Waals surface area (Å²) in [5, 5.41) is 5.66. The number of hydrogen-bond acceptors (Lipinski definition) is 4. The monoisotopic (exact) mass is 487 g/mol. The smallest absolute Gasteiger partial charge is 0.321 e. The molecule has 0 spiro atoms. The zero-order valence-corrected chi connectivity index (χ0v) is 20.1. The number of hydrogen-bond donors (Lipinski definition) is 2. The molecule has 0 aromatic heterocycles. The average molecular weight is 488 g/mol. The van der Waals surface area contributed by atoms with Gasteiger partial charge in [0.05, 0.1) is 6.54 Å². The van der Waals surface area contributed by atoms with Gasteiger partial charge in [-0.15, -0.1) is 0 Å². The molecule has 184 valence electrons. The van der Waals surface area contributed by atoms with Crippen molar-refractivity contribution in [2.75, 3.05) is 24.5 Å². The topological polar surface area (TPSA) is 87.7 Å². The summed E-state index contributed by atoms with van der Waals surface area (Å²) in [6, 6.07) is 14.9. The molecule has 7 nitrogen and oxygen atoms in total. The predicted octanol–water partition coefficient (Wildman–Crippen LogP) is 4.27. The van der Waals surface area contributed by atoms with E-state index < -0.39 is 5.82 Å². The summed E-state index contributed by atoms with van der Waals surface area (Å²) in [4.78, 5) is 38.2. The van der Waals surface area contributed by atoms with E-state index in [2.05, 4.69) is 10.6 Å². The highest BCUT2D eigenvalue weighted by molar-refractivity contribution is 5.98. The van der Waals surface area contributed by atoms with Gasteiger partial charge in [-0.3, -0.25) is 14.5 Å². The molecule has 0 saturated carbocycles. The second-order valence-electron chi connectivity index (χ2n) is 9.14. The van der Waals surface area contributed by atoms with E-state index in [1.165, 1.54) is 19.1 Å². The van der Waals surface area contributed by atoms with Gasteiger partial charge in [0.15, 0.2) is 5.78 Å². The standard InChI is InChI=1S/C28H26FN3O4/c1-16-10-20-13-22(36-26(20)24(11-16)23-14-18(17(2)33)6-7-25(23)29)15-31-27(34)19-4-3-5-21(12-19)32-9-8-30-28(32)35/h3-7,10-12,14,22H,8-9,13,15H2,1-2H3,(H,30,35)(H,31,34)/t22-/m1/s1. The Morgan fingerprint density at radius 1 is 1.11 bits per heavy atom. The summed E-state index contributed by atoms with van der Waals surface area (Å²) < 4.78 is 21.0. The van der Waals surface area contributed by atoms with Crippen molar-refractivity contribution >= 4 is 23.4 Å². The SMILES string of the molecule is CC(=O)c1ccc(F)c(-c2cc(C)cc3c2O[C@@H](CNC(=O)c2cccc(N4CCNC4=O)c2)C3)c1. The number of rotatable bonds is 6. The molecular weight excluding hydrogens is 461 g/mol. The minimum absolute atomic E-state index is 0.142. The lowest BCUT2D eigenvalue weighted by Gasteiger charge is -2.16. The molecule has 3 amide bonds. The molecule has 2 aliphatic heterocycles. The van der Waals surface area contributed by atoms with Gasteiger partial charge in [-0.25, -0.2) is 9.18 Å². The van der Waals surface area contributed by atoms with Crippen molar-refractivity contribution in [3.05, 3.63) is 82.7 Å². The third kappa shape index (κ3) is 4.54. The first kappa shape index (κ1) is 23.5. The number of urea groups is 1. The van der Waals surface area contributed by atoms with Crippen LogP contribution in [0.3, 0.4) is 0 Å². The summed E-state index contributed by atoms with van der Waals surface area (Å²) >= 11 is 0. The number of benzene rings is 3. The van der Waals surface area contributed by atoms with Crippen LogP contribution in [0.25, 0.3) is 11.1 Å². The number of anilines is 1. The van der Waals surface area contributed by atoms with Crippen LogP contribution in [0.5, 0.6) is 5.75 Å². The number of ketones is 1. The number of carbonyl (C=O) groups excluding carboxylic acids is 3. The summed E-state index contributed by atoms with van der Waals surface area (Å²) in [5.41, 5.74) is 4.33. The van der Waals surface area contributed by atoms with Crippen LogP contribution in [0.4, 0.5) is 14.9 Å². The Morgan fingerprint density at radius 2 is 1.94 bits per heavy atom. The Morgan fingerprint density at radius 3 is 2.69 bits per heavy atom. The van der Waals surface area contributed by atoms with Crippen molar-refractivity contribution in [2.45, 2.75) is 26.4 Å². The number of nitrogens with one attached hydrogen (secondary N) is 2. The molecule has 2 heterocycles. The first-order valence-corrected chi connectivity index (χ1v) is 11.8. The number of amides is 3. The zero-order valence-electron chi connectivity index (χ0n) is 20.1. The minimum atomic E-state index is -0.431. The van der Waals surface area contributed by atoms with E-state index in [0.717, 1.165) is 11.1 Å². The van der Waals surface area contributed by atoms with Gasteiger partial charge < -0.3 is 15.4 Å². The molecule has 1 fully saturated rings. The van der Waals surface area contributed by atoms with Gasteiger partial charge in [-0.05, 0) is 67.4 Å². The number of carbonyl (C=O) groups is 3. The normalized spacial score (nSPS) is 16.4. The molecule has 8 heteroatoms. The highest BCUT2D eigenvalue weighted by Gasteiger charge is 2.28. The van der Waals surface area contributed by atoms with E-state index in [-0.39, 0.29) is 30.4 Å². The molecule has 5 rings (SSSR count). The molecule has 3 aromatic carbocycles. The van der Waals surface area contributed by atoms with Gasteiger partial charge in [0, 0.05) is 47.5 Å². The van der Waals surface area contributed by atoms with Gasteiger partial charge >= 0.3 is 6.03 Å². The van der Waals surface area contributed by atoms with Gasteiger partial charge in [0.1, 0.15) is 17.7 Å².